The molecule has 0 spiro atoms. The van der Waals surface area contributed by atoms with Crippen molar-refractivity contribution in [1.29, 1.82) is 0 Å². The van der Waals surface area contributed by atoms with Crippen LogP contribution in [0.3, 0.4) is 0 Å². The normalized spacial score (nSPS) is 29.4. The minimum absolute atomic E-state index is 0.124. The van der Waals surface area contributed by atoms with E-state index < -0.39 is 22.8 Å². The van der Waals surface area contributed by atoms with Crippen molar-refractivity contribution >= 4 is 11.9 Å². The molecular formula is C19H34O4. The first-order valence-corrected chi connectivity index (χ1v) is 9.21. The van der Waals surface area contributed by atoms with Gasteiger partial charge in [0.1, 0.15) is 0 Å². The van der Waals surface area contributed by atoms with E-state index in [1.165, 1.54) is 0 Å². The minimum Gasteiger partial charge on any atom is -0.481 e. The molecule has 0 radical (unpaired) electrons. The molecule has 1 aliphatic carbocycles. The predicted molar refractivity (Wildman–Crippen MR) is 91.4 cm³/mol. The van der Waals surface area contributed by atoms with E-state index in [4.69, 9.17) is 0 Å². The van der Waals surface area contributed by atoms with Crippen LogP contribution in [0.2, 0.25) is 0 Å². The van der Waals surface area contributed by atoms with Crippen LogP contribution in [-0.2, 0) is 9.59 Å². The van der Waals surface area contributed by atoms with E-state index in [1.54, 1.807) is 0 Å². The highest BCUT2D eigenvalue weighted by Gasteiger charge is 2.63. The van der Waals surface area contributed by atoms with E-state index >= 15 is 0 Å². The van der Waals surface area contributed by atoms with Gasteiger partial charge in [0, 0.05) is 0 Å². The maximum atomic E-state index is 12.3. The van der Waals surface area contributed by atoms with Crippen LogP contribution in [0.1, 0.15) is 85.5 Å². The summed E-state index contributed by atoms with van der Waals surface area (Å²) in [6, 6.07) is 0. The number of carboxylic acids is 2. The topological polar surface area (TPSA) is 74.6 Å². The molecule has 4 heteroatoms. The van der Waals surface area contributed by atoms with Crippen LogP contribution in [0.25, 0.3) is 0 Å². The first kappa shape index (κ1) is 20.0. The van der Waals surface area contributed by atoms with Gasteiger partial charge in [-0.05, 0) is 31.1 Å². The monoisotopic (exact) mass is 326 g/mol. The second-order valence-electron chi connectivity index (χ2n) is 7.82. The quantitative estimate of drug-likeness (QED) is 0.587. The highest BCUT2D eigenvalue weighted by Crippen LogP contribution is 2.58. The molecule has 0 heterocycles. The Morgan fingerprint density at radius 2 is 1.61 bits per heavy atom. The molecule has 0 amide bonds. The average Bonchev–Trinajstić information content (AvgIpc) is 2.50. The van der Waals surface area contributed by atoms with Crippen molar-refractivity contribution in [3.8, 4) is 0 Å². The Balaban J connectivity index is 3.16. The van der Waals surface area contributed by atoms with Crippen LogP contribution in [-0.4, -0.2) is 22.2 Å². The molecule has 0 aromatic heterocycles. The summed E-state index contributed by atoms with van der Waals surface area (Å²) < 4.78 is 0. The summed E-state index contributed by atoms with van der Waals surface area (Å²) in [5.74, 6) is -1.33. The van der Waals surface area contributed by atoms with Gasteiger partial charge in [0.05, 0.1) is 10.8 Å². The lowest BCUT2D eigenvalue weighted by molar-refractivity contribution is -0.188. The molecule has 1 saturated carbocycles. The molecule has 0 aromatic rings. The van der Waals surface area contributed by atoms with Crippen LogP contribution in [0.15, 0.2) is 0 Å². The maximum absolute atomic E-state index is 12.3. The fourth-order valence-corrected chi connectivity index (χ4v) is 4.61. The molecule has 4 nitrogen and oxygen atoms in total. The van der Waals surface area contributed by atoms with Crippen molar-refractivity contribution in [2.24, 2.45) is 22.7 Å². The Hall–Kier alpha value is -1.06. The SMILES string of the molecule is CCC(C)C1(C(=O)O)CCCCC1(CCCCC(C)C)C(=O)O. The molecule has 3 atom stereocenters. The fourth-order valence-electron chi connectivity index (χ4n) is 4.61. The summed E-state index contributed by atoms with van der Waals surface area (Å²) in [6.45, 7) is 8.21. The van der Waals surface area contributed by atoms with Crippen LogP contribution in [0.4, 0.5) is 0 Å². The van der Waals surface area contributed by atoms with Crippen LogP contribution < -0.4 is 0 Å². The molecule has 0 saturated heterocycles. The molecule has 2 N–H and O–H groups in total. The van der Waals surface area contributed by atoms with Gasteiger partial charge in [0.25, 0.3) is 0 Å². The number of carboxylic acid groups (broad SMARTS) is 2. The number of hydrogen-bond acceptors (Lipinski definition) is 2. The number of aliphatic carboxylic acids is 2. The second-order valence-corrected chi connectivity index (χ2v) is 7.82. The van der Waals surface area contributed by atoms with Gasteiger partial charge in [-0.15, -0.1) is 0 Å². The Morgan fingerprint density at radius 3 is 2.09 bits per heavy atom. The van der Waals surface area contributed by atoms with Gasteiger partial charge in [-0.3, -0.25) is 9.59 Å². The van der Waals surface area contributed by atoms with Gasteiger partial charge < -0.3 is 10.2 Å². The van der Waals surface area contributed by atoms with Gasteiger partial charge in [0.2, 0.25) is 0 Å². The summed E-state index contributed by atoms with van der Waals surface area (Å²) in [5.41, 5.74) is -2.23. The molecule has 134 valence electrons. The van der Waals surface area contributed by atoms with Gasteiger partial charge >= 0.3 is 11.9 Å². The zero-order valence-corrected chi connectivity index (χ0v) is 15.2. The van der Waals surface area contributed by atoms with Crippen LogP contribution >= 0.6 is 0 Å². The molecule has 0 aromatic carbocycles. The largest absolute Gasteiger partial charge is 0.481 e. The van der Waals surface area contributed by atoms with Crippen molar-refractivity contribution < 1.29 is 19.8 Å². The lowest BCUT2D eigenvalue weighted by Gasteiger charge is -2.51. The minimum atomic E-state index is -1.12. The highest BCUT2D eigenvalue weighted by atomic mass is 16.4. The zero-order valence-electron chi connectivity index (χ0n) is 15.2. The van der Waals surface area contributed by atoms with Gasteiger partial charge in [-0.2, -0.15) is 0 Å². The number of rotatable bonds is 9. The van der Waals surface area contributed by atoms with Gasteiger partial charge in [0.15, 0.2) is 0 Å². The smallest absolute Gasteiger partial charge is 0.311 e. The Labute approximate surface area is 140 Å². The lowest BCUT2D eigenvalue weighted by Crippen LogP contribution is -2.57. The predicted octanol–water partition coefficient (Wildman–Crippen LogP) is 4.96. The number of hydrogen-bond donors (Lipinski definition) is 2. The number of carbonyl (C=O) groups is 2. The number of unbranched alkanes of at least 4 members (excludes halogenated alkanes) is 1. The van der Waals surface area contributed by atoms with Crippen molar-refractivity contribution in [3.05, 3.63) is 0 Å². The first-order valence-electron chi connectivity index (χ1n) is 9.21. The molecular weight excluding hydrogens is 292 g/mol. The van der Waals surface area contributed by atoms with E-state index in [0.717, 1.165) is 32.1 Å². The highest BCUT2D eigenvalue weighted by molar-refractivity contribution is 5.87. The van der Waals surface area contributed by atoms with Gasteiger partial charge in [-0.25, -0.2) is 0 Å². The van der Waals surface area contributed by atoms with E-state index in [-0.39, 0.29) is 5.92 Å². The standard InChI is InChI=1S/C19H34O4/c1-5-15(4)19(17(22)23)13-9-8-12-18(19,16(20)21)11-7-6-10-14(2)3/h14-15H,5-13H2,1-4H3,(H,20,21)(H,22,23). The first-order chi connectivity index (χ1) is 10.7. The van der Waals surface area contributed by atoms with E-state index in [9.17, 15) is 19.8 Å². The summed E-state index contributed by atoms with van der Waals surface area (Å²) in [4.78, 5) is 24.6. The van der Waals surface area contributed by atoms with E-state index in [1.807, 2.05) is 13.8 Å². The third kappa shape index (κ3) is 3.72. The van der Waals surface area contributed by atoms with Crippen molar-refractivity contribution in [2.45, 2.75) is 85.5 Å². The maximum Gasteiger partial charge on any atom is 0.311 e. The molecule has 3 unspecified atom stereocenters. The Bertz CT molecular complexity index is 418. The summed E-state index contributed by atoms with van der Waals surface area (Å²) in [6.07, 6.45) is 6.67. The van der Waals surface area contributed by atoms with Gasteiger partial charge in [-0.1, -0.05) is 66.2 Å². The van der Waals surface area contributed by atoms with Crippen molar-refractivity contribution in [3.63, 3.8) is 0 Å². The summed E-state index contributed by atoms with van der Waals surface area (Å²) >= 11 is 0. The average molecular weight is 326 g/mol. The molecule has 1 rings (SSSR count). The van der Waals surface area contributed by atoms with Crippen LogP contribution in [0, 0.1) is 22.7 Å². The summed E-state index contributed by atoms with van der Waals surface area (Å²) in [7, 11) is 0. The molecule has 23 heavy (non-hydrogen) atoms. The molecule has 0 aliphatic heterocycles. The second kappa shape index (κ2) is 8.16. The third-order valence-corrected chi connectivity index (χ3v) is 6.16. The van der Waals surface area contributed by atoms with Crippen LogP contribution in [0.5, 0.6) is 0 Å². The Kier molecular flexibility index (Phi) is 7.09. The van der Waals surface area contributed by atoms with Crippen molar-refractivity contribution in [2.75, 3.05) is 0 Å². The Morgan fingerprint density at radius 1 is 1.00 bits per heavy atom. The molecule has 0 bridgehead atoms. The van der Waals surface area contributed by atoms with Crippen molar-refractivity contribution in [1.82, 2.24) is 0 Å². The lowest BCUT2D eigenvalue weighted by atomic mass is 9.49. The third-order valence-electron chi connectivity index (χ3n) is 6.16. The molecule has 1 fully saturated rings. The summed E-state index contributed by atoms with van der Waals surface area (Å²) in [5, 5.41) is 20.1. The van der Waals surface area contributed by atoms with E-state index in [2.05, 4.69) is 13.8 Å². The fraction of sp³-hybridized carbons (Fsp3) is 0.895. The zero-order chi connectivity index (χ0) is 17.7. The van der Waals surface area contributed by atoms with E-state index in [0.29, 0.717) is 31.6 Å². The molecule has 1 aliphatic rings.